The second-order valence-electron chi connectivity index (χ2n) is 31.8. The van der Waals surface area contributed by atoms with Crippen LogP contribution in [-0.4, -0.2) is 298 Å². The van der Waals surface area contributed by atoms with Gasteiger partial charge >= 0.3 is 17.9 Å². The van der Waals surface area contributed by atoms with E-state index in [2.05, 4.69) is 125 Å². The van der Waals surface area contributed by atoms with Gasteiger partial charge in [0.1, 0.15) is 84.6 Å². The molecule has 734 valence electrons. The number of carbonyl (C=O) groups excluding carboxylic acids is 14. The smallest absolute Gasteiger partial charge is 0.326 e. The van der Waals surface area contributed by atoms with Gasteiger partial charge in [0.2, 0.25) is 82.7 Å². The molecule has 0 bridgehead atoms. The Kier molecular flexibility index (Phi) is 45.0. The number of nitrogens with one attached hydrogen (secondary N) is 19. The topological polar surface area (TPSA) is 758 Å². The van der Waals surface area contributed by atoms with Gasteiger partial charge in [0.15, 0.2) is 11.9 Å². The first-order valence-corrected chi connectivity index (χ1v) is 44.7. The van der Waals surface area contributed by atoms with Crippen molar-refractivity contribution in [1.82, 2.24) is 105 Å². The molecule has 0 radical (unpaired) electrons. The fourth-order valence-electron chi connectivity index (χ4n) is 14.3. The van der Waals surface area contributed by atoms with Crippen LogP contribution < -0.4 is 97.0 Å². The molecule has 30 N–H and O–H groups in total. The van der Waals surface area contributed by atoms with E-state index in [1.54, 1.807) is 121 Å². The molecule has 0 unspecified atom stereocenters. The molecule has 7 rings (SSSR count). The zero-order valence-electron chi connectivity index (χ0n) is 73.9. The van der Waals surface area contributed by atoms with Crippen molar-refractivity contribution < 1.29 is 107 Å². The number of aliphatic hydroxyl groups excluding tert-OH is 2. The summed E-state index contributed by atoms with van der Waals surface area (Å²) in [6.07, 6.45) is 1.06. The normalized spacial score (nSPS) is 15.2. The zero-order valence-corrected chi connectivity index (χ0v) is 75.7. The van der Waals surface area contributed by atoms with Crippen LogP contribution in [0.1, 0.15) is 97.8 Å². The van der Waals surface area contributed by atoms with Gasteiger partial charge in [-0.2, -0.15) is 25.3 Å². The SMILES string of the molecule is N=C(N)NCCC[C@H](NC(=O)[C@H](CS)NC(=O)[C@@H]1CCCN1C(=O)[C@H](CS)NC(=O)[C@H](CCCNC(=N)N)NC(=O)[C@H](Cc1ccccc1)NC(=O)[C@H](Cc1ccccc1)NC(=O)[C@H](CCC(=O)O)NC(=O)[C@H](CO)NC(=O)[C@@H](N)Cc1c[nH]cn1)C(=O)N[C@@H](Cc1ccccc1)C(=O)N[C@@H](Cc1ccccc1)C(=O)N[C@@H](CCC(=O)O)C(=O)N[C@@H](CO)C(=O)N[C@@H](Cc1c[nH]cn1)C(=O)O. The van der Waals surface area contributed by atoms with Gasteiger partial charge in [-0.15, -0.1) is 0 Å². The van der Waals surface area contributed by atoms with E-state index in [4.69, 9.17) is 28.0 Å². The standard InChI is InChI=1S/C87H117N25O22S2/c88-54(38-52-40-93-46-97-52)71(119)108-64(42-113)80(128)102-57(27-29-69(115)116)74(122)104-62(37-51-22-11-4-12-23-51)79(127)105-59(34-48-16-5-1-6-17-48)76(124)99-56(25-14-32-96-87(91)92)73(121)111-67(45-136)84(132)112-33-15-26-68(112)83(131)110-66(44-135)82(130)100-55(24-13-31-95-86(89)90)72(120)103-61(36-50-20-9-3-10-21-50)78(126)106-60(35-49-18-7-2-8-19-49)77(125)101-58(28-30-70(117)118)75(123)109-65(43-114)81(129)107-63(85(133)134)39-53-41-94-47-98-53/h1-12,16-23,40-41,46-47,54-68,113-114,135-136H,13-15,24-39,42-45,88H2,(H,93,97)(H,94,98)(H,99,124)(H,100,130)(H,101,125)(H,102,128)(H,103,120)(H,104,122)(H,105,127)(H,106,126)(H,107,129)(H,108,119)(H,109,123)(H,110,131)(H,111,121)(H,115,116)(H,117,118)(H,133,134)(H4,89,90,95)(H4,91,92,96)/t54-,55-,56-,57-,58-,59-,60-,61-,62-,63-,64-,65-,66-,67-,68-/m0/s1. The Morgan fingerprint density at radius 2 is 0.691 bits per heavy atom. The number of aromatic amines is 2. The maximum Gasteiger partial charge on any atom is 0.326 e. The largest absolute Gasteiger partial charge is 0.481 e. The number of benzene rings is 4. The molecule has 0 spiro atoms. The number of nitrogens with two attached hydrogens (primary N) is 3. The van der Waals surface area contributed by atoms with Crippen molar-refractivity contribution in [3.63, 3.8) is 0 Å². The van der Waals surface area contributed by atoms with Gasteiger partial charge in [0, 0.05) is 94.9 Å². The summed E-state index contributed by atoms with van der Waals surface area (Å²) >= 11 is 8.82. The Labute approximate surface area is 791 Å². The molecule has 136 heavy (non-hydrogen) atoms. The van der Waals surface area contributed by atoms with E-state index in [1.165, 1.54) is 25.0 Å². The molecular formula is C87H117N25O22S2. The third kappa shape index (κ3) is 36.8. The highest BCUT2D eigenvalue weighted by Gasteiger charge is 2.42. The summed E-state index contributed by atoms with van der Waals surface area (Å²) in [5, 5.41) is 103. The zero-order chi connectivity index (χ0) is 99.3. The number of amides is 14. The van der Waals surface area contributed by atoms with E-state index < -0.39 is 254 Å². The minimum atomic E-state index is -1.85. The van der Waals surface area contributed by atoms with E-state index in [-0.39, 0.29) is 102 Å². The number of nitrogens with zero attached hydrogens (tertiary/aromatic N) is 3. The second-order valence-corrected chi connectivity index (χ2v) is 32.5. The molecule has 4 aromatic carbocycles. The number of aliphatic hydroxyl groups is 2. The average Bonchev–Trinajstić information content (AvgIpc) is 1.70. The molecule has 3 heterocycles. The van der Waals surface area contributed by atoms with Crippen LogP contribution in [0.4, 0.5) is 0 Å². The number of aliphatic carboxylic acids is 3. The van der Waals surface area contributed by atoms with Crippen LogP contribution in [0.5, 0.6) is 0 Å². The Balaban J connectivity index is 1.08. The lowest BCUT2D eigenvalue weighted by Gasteiger charge is -2.30. The summed E-state index contributed by atoms with van der Waals surface area (Å²) in [5.74, 6) is -20.4. The second kappa shape index (κ2) is 56.4. The lowest BCUT2D eigenvalue weighted by atomic mass is 10.0. The van der Waals surface area contributed by atoms with Crippen LogP contribution >= 0.6 is 25.3 Å². The number of likely N-dealkylation sites (tertiary alicyclic amines) is 1. The molecule has 1 aliphatic heterocycles. The van der Waals surface area contributed by atoms with Crippen LogP contribution in [0, 0.1) is 10.8 Å². The fraction of sp³-hybridized carbons (Fsp3) is 0.437. The van der Waals surface area contributed by atoms with Crippen molar-refractivity contribution in [2.75, 3.05) is 44.4 Å². The van der Waals surface area contributed by atoms with E-state index in [9.17, 15) is 97.5 Å². The highest BCUT2D eigenvalue weighted by molar-refractivity contribution is 7.80. The number of thiol groups is 2. The summed E-state index contributed by atoms with van der Waals surface area (Å²) in [4.78, 5) is 253. The Morgan fingerprint density at radius 3 is 1.01 bits per heavy atom. The fourth-order valence-corrected chi connectivity index (χ4v) is 14.8. The van der Waals surface area contributed by atoms with Crippen LogP contribution in [-0.2, 0) is 120 Å². The number of carboxylic acids is 3. The Bertz CT molecular complexity index is 5020. The average molecular weight is 1930 g/mol. The highest BCUT2D eigenvalue weighted by Crippen LogP contribution is 2.21. The minimum absolute atomic E-state index is 0.00162. The van der Waals surface area contributed by atoms with Crippen molar-refractivity contribution in [3.05, 3.63) is 180 Å². The number of guanidine groups is 2. The van der Waals surface area contributed by atoms with Gasteiger partial charge in [-0.1, -0.05) is 121 Å². The first-order chi connectivity index (χ1) is 65.1. The molecule has 49 heteroatoms. The van der Waals surface area contributed by atoms with Gasteiger partial charge < -0.3 is 137 Å². The van der Waals surface area contributed by atoms with E-state index in [1.807, 2.05) is 0 Å². The number of hydrogen-bond acceptors (Lipinski definition) is 26. The molecule has 15 atom stereocenters. The highest BCUT2D eigenvalue weighted by atomic mass is 32.1. The monoisotopic (exact) mass is 1930 g/mol. The van der Waals surface area contributed by atoms with Gasteiger partial charge in [-0.25, -0.2) is 14.8 Å². The first-order valence-electron chi connectivity index (χ1n) is 43.4. The third-order valence-corrected chi connectivity index (χ3v) is 22.2. The summed E-state index contributed by atoms with van der Waals surface area (Å²) in [5.41, 5.74) is 19.7. The van der Waals surface area contributed by atoms with Crippen molar-refractivity contribution in [3.8, 4) is 0 Å². The summed E-state index contributed by atoms with van der Waals surface area (Å²) < 4.78 is 0. The minimum Gasteiger partial charge on any atom is -0.481 e. The van der Waals surface area contributed by atoms with Gasteiger partial charge in [0.05, 0.1) is 43.3 Å². The van der Waals surface area contributed by atoms with Crippen LogP contribution in [0.15, 0.2) is 146 Å². The Hall–Kier alpha value is -14.6. The van der Waals surface area contributed by atoms with Crippen LogP contribution in [0.2, 0.25) is 0 Å². The van der Waals surface area contributed by atoms with Crippen molar-refractivity contribution >= 4 is 138 Å². The molecule has 2 aromatic heterocycles. The first kappa shape index (κ1) is 108. The third-order valence-electron chi connectivity index (χ3n) is 21.4. The molecule has 14 amide bonds. The summed E-state index contributed by atoms with van der Waals surface area (Å²) in [6.45, 7) is -2.25. The predicted octanol–water partition coefficient (Wildman–Crippen LogP) is -6.31. The number of hydrogen-bond donors (Lipinski definition) is 29. The number of carboxylic acid groups (broad SMARTS) is 3. The molecule has 1 fully saturated rings. The molecule has 0 saturated carbocycles. The molecular weight excluding hydrogens is 1810 g/mol. The lowest BCUT2D eigenvalue weighted by Crippen LogP contribution is -2.61. The van der Waals surface area contributed by atoms with E-state index in [0.29, 0.717) is 27.9 Å². The van der Waals surface area contributed by atoms with Crippen molar-refractivity contribution in [1.29, 1.82) is 10.8 Å². The summed E-state index contributed by atoms with van der Waals surface area (Å²) in [6, 6.07) is 8.64. The number of H-pyrrole nitrogens is 2. The van der Waals surface area contributed by atoms with E-state index in [0.717, 1.165) is 4.90 Å². The molecule has 0 aliphatic carbocycles. The lowest BCUT2D eigenvalue weighted by molar-refractivity contribution is -0.142. The van der Waals surface area contributed by atoms with Crippen molar-refractivity contribution in [2.24, 2.45) is 17.2 Å². The molecule has 1 aliphatic rings. The Morgan fingerprint density at radius 1 is 0.390 bits per heavy atom. The van der Waals surface area contributed by atoms with Crippen molar-refractivity contribution in [2.45, 2.75) is 193 Å². The predicted molar refractivity (Wildman–Crippen MR) is 495 cm³/mol. The number of carbonyl (C=O) groups is 17. The van der Waals surface area contributed by atoms with Gasteiger partial charge in [-0.3, -0.25) is 87.5 Å². The van der Waals surface area contributed by atoms with Crippen LogP contribution in [0.25, 0.3) is 0 Å². The molecule has 47 nitrogen and oxygen atoms in total. The maximum absolute atomic E-state index is 15.0. The maximum atomic E-state index is 15.0. The van der Waals surface area contributed by atoms with Crippen LogP contribution in [0.3, 0.4) is 0 Å². The van der Waals surface area contributed by atoms with E-state index >= 15 is 9.59 Å². The number of aromatic nitrogens is 4. The summed E-state index contributed by atoms with van der Waals surface area (Å²) in [7, 11) is 0. The van der Waals surface area contributed by atoms with Gasteiger partial charge in [0.25, 0.3) is 0 Å². The molecule has 1 saturated heterocycles. The van der Waals surface area contributed by atoms with Gasteiger partial charge in [-0.05, 0) is 73.6 Å². The number of imidazole rings is 2. The molecule has 6 aromatic rings. The quantitative estimate of drug-likeness (QED) is 0.00731. The number of rotatable bonds is 58.